The number of hydrogen-bond donors (Lipinski definition) is 3. The summed E-state index contributed by atoms with van der Waals surface area (Å²) in [5, 5.41) is 8.45. The third kappa shape index (κ3) is 7.38. The van der Waals surface area contributed by atoms with Crippen LogP contribution in [0.4, 0.5) is 0 Å². The quantitative estimate of drug-likeness (QED) is 0.619. The van der Waals surface area contributed by atoms with E-state index in [2.05, 4.69) is 16.0 Å². The molecule has 8 nitrogen and oxygen atoms in total. The van der Waals surface area contributed by atoms with Crippen molar-refractivity contribution in [1.29, 1.82) is 0 Å². The summed E-state index contributed by atoms with van der Waals surface area (Å²) in [5.74, 6) is 0.106. The molecule has 3 rings (SSSR count). The van der Waals surface area contributed by atoms with Crippen LogP contribution in [0, 0.1) is 0 Å². The van der Waals surface area contributed by atoms with Gasteiger partial charge in [0, 0.05) is 18.7 Å². The predicted octanol–water partition coefficient (Wildman–Crippen LogP) is 2.30. The van der Waals surface area contributed by atoms with Crippen molar-refractivity contribution in [3.63, 3.8) is 0 Å². The third-order valence-electron chi connectivity index (χ3n) is 5.16. The van der Waals surface area contributed by atoms with Gasteiger partial charge < -0.3 is 25.4 Å². The second-order valence-corrected chi connectivity index (χ2v) is 7.56. The second kappa shape index (κ2) is 12.3. The summed E-state index contributed by atoms with van der Waals surface area (Å²) in [4.78, 5) is 37.6. The van der Waals surface area contributed by atoms with E-state index in [1.165, 1.54) is 13.2 Å². The van der Waals surface area contributed by atoms with Gasteiger partial charge in [0.2, 0.25) is 11.8 Å². The summed E-state index contributed by atoms with van der Waals surface area (Å²) < 4.78 is 11.0. The molecule has 0 saturated carbocycles. The van der Waals surface area contributed by atoms with E-state index in [0.717, 1.165) is 5.56 Å². The van der Waals surface area contributed by atoms with Gasteiger partial charge >= 0.3 is 0 Å². The van der Waals surface area contributed by atoms with Gasteiger partial charge in [0.25, 0.3) is 5.91 Å². The van der Waals surface area contributed by atoms with Crippen LogP contribution < -0.4 is 25.4 Å². The molecule has 2 aromatic carbocycles. The van der Waals surface area contributed by atoms with Crippen molar-refractivity contribution in [2.45, 2.75) is 25.3 Å². The zero-order valence-corrected chi connectivity index (χ0v) is 18.6. The lowest BCUT2D eigenvalue weighted by molar-refractivity contribution is -0.127. The van der Waals surface area contributed by atoms with Crippen molar-refractivity contribution in [3.8, 4) is 11.5 Å². The van der Waals surface area contributed by atoms with Crippen LogP contribution in [-0.2, 0) is 9.59 Å². The first kappa shape index (κ1) is 23.8. The van der Waals surface area contributed by atoms with Crippen LogP contribution in [-0.4, -0.2) is 50.6 Å². The lowest BCUT2D eigenvalue weighted by Gasteiger charge is -2.19. The number of carbonyl (C=O) groups excluding carboxylic acids is 3. The molecule has 8 heteroatoms. The Morgan fingerprint density at radius 2 is 1.91 bits per heavy atom. The fraction of sp³-hybridized carbons (Fsp3) is 0.320. The highest BCUT2D eigenvalue weighted by Crippen LogP contribution is 2.25. The first-order valence-corrected chi connectivity index (χ1v) is 11.0. The zero-order chi connectivity index (χ0) is 23.5. The predicted molar refractivity (Wildman–Crippen MR) is 125 cm³/mol. The van der Waals surface area contributed by atoms with Gasteiger partial charge in [0.1, 0.15) is 24.1 Å². The first-order valence-electron chi connectivity index (χ1n) is 11.0. The van der Waals surface area contributed by atoms with E-state index in [-0.39, 0.29) is 30.9 Å². The molecule has 3 N–H and O–H groups in total. The molecular weight excluding hydrogens is 422 g/mol. The molecule has 0 aromatic heterocycles. The molecule has 33 heavy (non-hydrogen) atoms. The molecular formula is C25H29N3O5. The van der Waals surface area contributed by atoms with E-state index in [9.17, 15) is 14.4 Å². The van der Waals surface area contributed by atoms with Crippen LogP contribution in [0.3, 0.4) is 0 Å². The molecule has 0 saturated heterocycles. The monoisotopic (exact) mass is 451 g/mol. The number of nitrogens with one attached hydrogen (secondary N) is 3. The van der Waals surface area contributed by atoms with Crippen LogP contribution in [0.2, 0.25) is 0 Å². The van der Waals surface area contributed by atoms with Crippen LogP contribution in [0.1, 0.15) is 35.2 Å². The molecule has 0 aliphatic carbocycles. The average molecular weight is 452 g/mol. The smallest absolute Gasteiger partial charge is 0.255 e. The molecule has 174 valence electrons. The van der Waals surface area contributed by atoms with Crippen LogP contribution >= 0.6 is 0 Å². The lowest BCUT2D eigenvalue weighted by atomic mass is 10.1. The lowest BCUT2D eigenvalue weighted by Crippen LogP contribution is -2.47. The first-order chi connectivity index (χ1) is 16.1. The highest BCUT2D eigenvalue weighted by atomic mass is 16.5. The van der Waals surface area contributed by atoms with Gasteiger partial charge in [-0.15, -0.1) is 0 Å². The normalized spacial score (nSPS) is 17.7. The van der Waals surface area contributed by atoms with Gasteiger partial charge in [-0.2, -0.15) is 0 Å². The highest BCUT2D eigenvalue weighted by Gasteiger charge is 2.20. The molecule has 1 heterocycles. The highest BCUT2D eigenvalue weighted by molar-refractivity contribution is 5.97. The average Bonchev–Trinajstić information content (AvgIpc) is 2.84. The minimum atomic E-state index is -0.677. The maximum Gasteiger partial charge on any atom is 0.255 e. The number of fused-ring (bicyclic) bond motifs is 1. The molecule has 0 radical (unpaired) electrons. The van der Waals surface area contributed by atoms with Crippen molar-refractivity contribution in [2.75, 3.05) is 26.8 Å². The van der Waals surface area contributed by atoms with Gasteiger partial charge in [-0.1, -0.05) is 30.3 Å². The second-order valence-electron chi connectivity index (χ2n) is 7.56. The Bertz CT molecular complexity index is 991. The van der Waals surface area contributed by atoms with Gasteiger partial charge in [0.05, 0.1) is 19.2 Å². The van der Waals surface area contributed by atoms with Crippen LogP contribution in [0.25, 0.3) is 6.08 Å². The number of rotatable bonds is 4. The van der Waals surface area contributed by atoms with E-state index in [0.29, 0.717) is 42.9 Å². The SMILES string of the molecule is COc1ccc2c(c1)OCCNC(=O)[C@@H](NC(=O)C=Cc1ccccc1)CCCCNC2=O. The molecule has 0 bridgehead atoms. The third-order valence-corrected chi connectivity index (χ3v) is 5.16. The summed E-state index contributed by atoms with van der Waals surface area (Å²) in [6, 6.07) is 13.8. The Kier molecular flexibility index (Phi) is 8.88. The van der Waals surface area contributed by atoms with Crippen molar-refractivity contribution in [3.05, 3.63) is 65.7 Å². The Morgan fingerprint density at radius 3 is 2.70 bits per heavy atom. The van der Waals surface area contributed by atoms with Crippen molar-refractivity contribution >= 4 is 23.8 Å². The van der Waals surface area contributed by atoms with E-state index < -0.39 is 6.04 Å². The van der Waals surface area contributed by atoms with Crippen molar-refractivity contribution in [2.24, 2.45) is 0 Å². The summed E-state index contributed by atoms with van der Waals surface area (Å²) >= 11 is 0. The van der Waals surface area contributed by atoms with Crippen LogP contribution in [0.5, 0.6) is 11.5 Å². The van der Waals surface area contributed by atoms with Crippen molar-refractivity contribution in [1.82, 2.24) is 16.0 Å². The van der Waals surface area contributed by atoms with E-state index in [1.54, 1.807) is 24.3 Å². The zero-order valence-electron chi connectivity index (χ0n) is 18.6. The number of methoxy groups -OCH3 is 1. The number of ether oxygens (including phenoxy) is 2. The van der Waals surface area contributed by atoms with Gasteiger partial charge in [-0.3, -0.25) is 14.4 Å². The van der Waals surface area contributed by atoms with Gasteiger partial charge in [-0.05, 0) is 43.0 Å². The Hall–Kier alpha value is -3.81. The summed E-state index contributed by atoms with van der Waals surface area (Å²) in [6.45, 7) is 0.831. The molecule has 1 aliphatic heterocycles. The Morgan fingerprint density at radius 1 is 1.09 bits per heavy atom. The number of amides is 3. The molecule has 3 amide bonds. The standard InChI is InChI=1S/C25H29N3O5/c1-32-19-11-12-20-22(17-19)33-16-15-27-25(31)21(9-5-6-14-26-24(20)30)28-23(29)13-10-18-7-3-2-4-8-18/h2-4,7-8,10-13,17,21H,5-6,9,14-16H2,1H3,(H,26,30)(H,27,31)(H,28,29)/t21-/m0/s1. The summed E-state index contributed by atoms with van der Waals surface area (Å²) in [5.41, 5.74) is 1.31. The maximum atomic E-state index is 12.7. The molecule has 0 spiro atoms. The van der Waals surface area contributed by atoms with E-state index in [1.807, 2.05) is 30.3 Å². The summed E-state index contributed by atoms with van der Waals surface area (Å²) in [7, 11) is 1.54. The fourth-order valence-corrected chi connectivity index (χ4v) is 3.39. The minimum absolute atomic E-state index is 0.160. The fourth-order valence-electron chi connectivity index (χ4n) is 3.39. The molecule has 0 unspecified atom stereocenters. The van der Waals surface area contributed by atoms with Crippen LogP contribution in [0.15, 0.2) is 54.6 Å². The van der Waals surface area contributed by atoms with E-state index in [4.69, 9.17) is 9.47 Å². The molecule has 1 atom stereocenters. The minimum Gasteiger partial charge on any atom is -0.497 e. The Labute approximate surface area is 193 Å². The van der Waals surface area contributed by atoms with Crippen molar-refractivity contribution < 1.29 is 23.9 Å². The Balaban J connectivity index is 1.63. The van der Waals surface area contributed by atoms with E-state index >= 15 is 0 Å². The molecule has 1 aliphatic rings. The summed E-state index contributed by atoms with van der Waals surface area (Å²) in [6.07, 6.45) is 4.90. The maximum absolute atomic E-state index is 12.7. The topological polar surface area (TPSA) is 106 Å². The van der Waals surface area contributed by atoms with Gasteiger partial charge in [0.15, 0.2) is 0 Å². The van der Waals surface area contributed by atoms with Gasteiger partial charge in [-0.25, -0.2) is 0 Å². The number of benzene rings is 2. The molecule has 0 fully saturated rings. The molecule has 2 aromatic rings. The number of hydrogen-bond acceptors (Lipinski definition) is 5. The number of carbonyl (C=O) groups is 3. The largest absolute Gasteiger partial charge is 0.497 e.